The maximum atomic E-state index is 5.90. The van der Waals surface area contributed by atoms with Crippen molar-refractivity contribution >= 4 is 17.9 Å². The van der Waals surface area contributed by atoms with Gasteiger partial charge in [-0.05, 0) is 16.3 Å². The minimum absolute atomic E-state index is 0.125. The highest BCUT2D eigenvalue weighted by Gasteiger charge is 2.36. The third kappa shape index (κ3) is 2.74. The lowest BCUT2D eigenvalue weighted by Gasteiger charge is -2.35. The molecule has 1 aliphatic rings. The molecule has 0 radical (unpaired) electrons. The maximum Gasteiger partial charge on any atom is 0.464 e. The highest BCUT2D eigenvalue weighted by Crippen LogP contribution is 2.29. The lowest BCUT2D eigenvalue weighted by Crippen LogP contribution is -2.43. The summed E-state index contributed by atoms with van der Waals surface area (Å²) < 4.78 is 11.8. The monoisotopic (exact) mass is 268 g/mol. The predicted octanol–water partition coefficient (Wildman–Crippen LogP) is 4.04. The van der Waals surface area contributed by atoms with Gasteiger partial charge in [0.25, 0.3) is 0 Å². The maximum absolute atomic E-state index is 5.90. The summed E-state index contributed by atoms with van der Waals surface area (Å²) in [6.45, 7) is 8.03. The largest absolute Gasteiger partial charge is 0.464 e. The molecule has 0 spiro atoms. The Morgan fingerprint density at radius 3 is 2.35 bits per heavy atom. The average Bonchev–Trinajstić information content (AvgIpc) is 2.46. The molecule has 1 atom stereocenters. The van der Waals surface area contributed by atoms with E-state index in [1.54, 1.807) is 0 Å². The molecule has 0 N–H and O–H groups in total. The van der Waals surface area contributed by atoms with E-state index in [9.17, 15) is 0 Å². The molecule has 1 saturated heterocycles. The molecule has 2 aromatic rings. The van der Waals surface area contributed by atoms with Crippen LogP contribution in [0.5, 0.6) is 0 Å². The summed E-state index contributed by atoms with van der Waals surface area (Å²) >= 11 is 0. The predicted molar refractivity (Wildman–Crippen MR) is 83.8 cm³/mol. The summed E-state index contributed by atoms with van der Waals surface area (Å²) in [6.07, 6.45) is 0. The van der Waals surface area contributed by atoms with Crippen LogP contribution in [0.3, 0.4) is 0 Å². The molecule has 0 amide bonds. The molecule has 1 fully saturated rings. The van der Waals surface area contributed by atoms with Crippen molar-refractivity contribution in [1.82, 2.24) is 0 Å². The number of rotatable bonds is 2. The summed E-state index contributed by atoms with van der Waals surface area (Å²) in [6, 6.07) is 15.0. The summed E-state index contributed by atoms with van der Waals surface area (Å²) in [4.78, 5) is 0. The molecule has 0 unspecified atom stereocenters. The summed E-state index contributed by atoms with van der Waals surface area (Å²) in [5.41, 5.74) is 1.40. The van der Waals surface area contributed by atoms with E-state index in [4.69, 9.17) is 9.31 Å². The molecule has 3 heteroatoms. The zero-order valence-corrected chi connectivity index (χ0v) is 12.4. The second-order valence-electron chi connectivity index (χ2n) is 6.55. The quantitative estimate of drug-likeness (QED) is 0.765. The van der Waals surface area contributed by atoms with Gasteiger partial charge in [0.1, 0.15) is 0 Å². The van der Waals surface area contributed by atoms with Gasteiger partial charge in [-0.25, -0.2) is 0 Å². The van der Waals surface area contributed by atoms with Crippen LogP contribution < -0.4 is 0 Å². The van der Waals surface area contributed by atoms with Gasteiger partial charge in [-0.1, -0.05) is 63.2 Å². The van der Waals surface area contributed by atoms with E-state index in [1.807, 2.05) is 0 Å². The van der Waals surface area contributed by atoms with E-state index < -0.39 is 0 Å². The van der Waals surface area contributed by atoms with Gasteiger partial charge in [0.15, 0.2) is 0 Å². The van der Waals surface area contributed by atoms with E-state index in [-0.39, 0.29) is 18.4 Å². The fourth-order valence-electron chi connectivity index (χ4n) is 2.64. The van der Waals surface area contributed by atoms with Crippen LogP contribution in [-0.2, 0) is 9.31 Å². The Bertz CT molecular complexity index is 599. The first-order chi connectivity index (χ1) is 9.55. The fraction of sp³-hybridized carbons (Fsp3) is 0.412. The molecule has 0 aromatic heterocycles. The van der Waals surface area contributed by atoms with E-state index in [1.165, 1.54) is 16.3 Å². The zero-order chi connectivity index (χ0) is 14.2. The third-order valence-corrected chi connectivity index (χ3v) is 3.98. The molecule has 104 valence electrons. The third-order valence-electron chi connectivity index (χ3n) is 3.98. The van der Waals surface area contributed by atoms with Gasteiger partial charge in [-0.2, -0.15) is 0 Å². The fourth-order valence-corrected chi connectivity index (χ4v) is 2.64. The first kappa shape index (κ1) is 13.7. The van der Waals surface area contributed by atoms with Crippen molar-refractivity contribution in [1.29, 1.82) is 0 Å². The molecule has 20 heavy (non-hydrogen) atoms. The summed E-state index contributed by atoms with van der Waals surface area (Å²) in [7, 11) is -0.135. The van der Waals surface area contributed by atoms with Gasteiger partial charge >= 0.3 is 7.12 Å². The van der Waals surface area contributed by atoms with Crippen LogP contribution in [0.2, 0.25) is 0 Å². The molecule has 2 nitrogen and oxygen atoms in total. The van der Waals surface area contributed by atoms with Crippen molar-refractivity contribution in [3.05, 3.63) is 48.0 Å². The van der Waals surface area contributed by atoms with Crippen molar-refractivity contribution in [3.63, 3.8) is 0 Å². The van der Waals surface area contributed by atoms with Gasteiger partial charge in [0.05, 0.1) is 0 Å². The highest BCUT2D eigenvalue weighted by atomic mass is 16.6. The first-order valence-corrected chi connectivity index (χ1v) is 7.27. The molecule has 0 bridgehead atoms. The SMILES string of the molecule is C[C@H](B1OCC(C)(C)CO1)c1ccc2ccccc2c1. The van der Waals surface area contributed by atoms with Crippen LogP contribution >= 0.6 is 0 Å². The number of benzene rings is 2. The minimum atomic E-state index is -0.135. The van der Waals surface area contributed by atoms with E-state index in [0.717, 1.165) is 13.2 Å². The Labute approximate surface area is 121 Å². The van der Waals surface area contributed by atoms with E-state index in [2.05, 4.69) is 63.2 Å². The van der Waals surface area contributed by atoms with Crippen molar-refractivity contribution in [2.24, 2.45) is 5.41 Å². The van der Waals surface area contributed by atoms with E-state index >= 15 is 0 Å². The number of hydrogen-bond donors (Lipinski definition) is 0. The van der Waals surface area contributed by atoms with E-state index in [0.29, 0.717) is 0 Å². The normalized spacial score (nSPS) is 20.1. The van der Waals surface area contributed by atoms with Gasteiger partial charge in [0.2, 0.25) is 0 Å². The van der Waals surface area contributed by atoms with Crippen LogP contribution in [0, 0.1) is 5.41 Å². The standard InChI is InChI=1S/C17H21BO2/c1-13(18-19-11-17(2,3)12-20-18)15-9-8-14-6-4-5-7-16(14)10-15/h4-10,13H,11-12H2,1-3H3/t13-/m0/s1. The molecular formula is C17H21BO2. The molecule has 2 aromatic carbocycles. The van der Waals surface area contributed by atoms with Gasteiger partial charge in [-0.15, -0.1) is 0 Å². The van der Waals surface area contributed by atoms with Crippen molar-refractivity contribution in [2.45, 2.75) is 26.6 Å². The van der Waals surface area contributed by atoms with Crippen LogP contribution in [0.15, 0.2) is 42.5 Å². The molecule has 1 aliphatic heterocycles. The van der Waals surface area contributed by atoms with Crippen LogP contribution in [0.4, 0.5) is 0 Å². The topological polar surface area (TPSA) is 18.5 Å². The van der Waals surface area contributed by atoms with Gasteiger partial charge in [-0.3, -0.25) is 0 Å². The molecule has 3 rings (SSSR count). The van der Waals surface area contributed by atoms with Crippen molar-refractivity contribution in [2.75, 3.05) is 13.2 Å². The highest BCUT2D eigenvalue weighted by molar-refractivity contribution is 6.46. The van der Waals surface area contributed by atoms with Crippen LogP contribution in [0.1, 0.15) is 32.2 Å². The smallest absolute Gasteiger partial charge is 0.410 e. The molecule has 0 saturated carbocycles. The Kier molecular flexibility index (Phi) is 3.57. The Hall–Kier alpha value is -1.32. The van der Waals surface area contributed by atoms with Gasteiger partial charge in [0, 0.05) is 24.4 Å². The summed E-state index contributed by atoms with van der Waals surface area (Å²) in [5, 5.41) is 2.54. The van der Waals surface area contributed by atoms with Gasteiger partial charge < -0.3 is 9.31 Å². The lowest BCUT2D eigenvalue weighted by atomic mass is 9.67. The molecule has 1 heterocycles. The Balaban J connectivity index is 1.80. The van der Waals surface area contributed by atoms with Crippen molar-refractivity contribution < 1.29 is 9.31 Å². The number of hydrogen-bond acceptors (Lipinski definition) is 2. The van der Waals surface area contributed by atoms with Crippen LogP contribution in [-0.4, -0.2) is 20.3 Å². The van der Waals surface area contributed by atoms with Crippen molar-refractivity contribution in [3.8, 4) is 0 Å². The lowest BCUT2D eigenvalue weighted by molar-refractivity contribution is 0.0249. The second-order valence-corrected chi connectivity index (χ2v) is 6.55. The average molecular weight is 268 g/mol. The Morgan fingerprint density at radius 2 is 1.65 bits per heavy atom. The van der Waals surface area contributed by atoms with Crippen LogP contribution in [0.25, 0.3) is 10.8 Å². The number of fused-ring (bicyclic) bond motifs is 1. The zero-order valence-electron chi connectivity index (χ0n) is 12.4. The molecule has 0 aliphatic carbocycles. The minimum Gasteiger partial charge on any atom is -0.410 e. The first-order valence-electron chi connectivity index (χ1n) is 7.27. The summed E-state index contributed by atoms with van der Waals surface area (Å²) in [5.74, 6) is 0.246. The molecular weight excluding hydrogens is 247 g/mol. The Morgan fingerprint density at radius 1 is 1.00 bits per heavy atom. The second kappa shape index (κ2) is 5.23.